The van der Waals surface area contributed by atoms with Crippen LogP contribution < -0.4 is 0 Å². The molecule has 0 fully saturated rings. The number of imidazole rings is 1. The van der Waals surface area contributed by atoms with Gasteiger partial charge in [-0.25, -0.2) is 9.37 Å². The lowest BCUT2D eigenvalue weighted by Gasteiger charge is -2.00. The fourth-order valence-electron chi connectivity index (χ4n) is 1.89. The van der Waals surface area contributed by atoms with Crippen LogP contribution in [0.2, 0.25) is 0 Å². The summed E-state index contributed by atoms with van der Waals surface area (Å²) in [7, 11) is -4.45. The first-order valence-electron chi connectivity index (χ1n) is 5.82. The molecule has 3 aromatic rings. The number of nitrogens with one attached hydrogen (secondary N) is 1. The molecule has 0 aliphatic carbocycles. The largest absolute Gasteiger partial charge is 0.328 e. The zero-order chi connectivity index (χ0) is 15.0. The van der Waals surface area contributed by atoms with E-state index in [-0.39, 0.29) is 0 Å². The molecule has 0 spiro atoms. The third-order valence-electron chi connectivity index (χ3n) is 2.81. The van der Waals surface area contributed by atoms with Crippen molar-refractivity contribution in [3.8, 4) is 21.8 Å². The van der Waals surface area contributed by atoms with Crippen LogP contribution in [0, 0.1) is 5.82 Å². The molecular weight excluding hydrogens is 315 g/mol. The topological polar surface area (TPSA) is 83.1 Å². The van der Waals surface area contributed by atoms with E-state index in [9.17, 15) is 12.8 Å². The standard InChI is InChI=1S/C13H9FN2O3S2/c14-9-5-3-8(4-6-9)11-12(10-2-1-7-20-10)16-13(15-11)21(17,18)19/h1-7H,(H,15,16)(H,17,18,19). The van der Waals surface area contributed by atoms with Crippen LogP contribution >= 0.6 is 11.3 Å². The molecule has 0 radical (unpaired) electrons. The Labute approximate surface area is 123 Å². The molecule has 0 bridgehead atoms. The highest BCUT2D eigenvalue weighted by Crippen LogP contribution is 2.33. The number of aromatic nitrogens is 2. The SMILES string of the molecule is O=S(=O)(O)c1nc(-c2ccc(F)cc2)c(-c2cccs2)[nH]1. The molecule has 2 aromatic heterocycles. The van der Waals surface area contributed by atoms with E-state index in [1.807, 2.05) is 11.4 Å². The summed E-state index contributed by atoms with van der Waals surface area (Å²) in [6.07, 6.45) is 0. The molecule has 5 nitrogen and oxygen atoms in total. The molecule has 2 N–H and O–H groups in total. The third kappa shape index (κ3) is 2.73. The number of thiophene rings is 1. The molecule has 0 aliphatic heterocycles. The Hall–Kier alpha value is -2.03. The van der Waals surface area contributed by atoms with E-state index < -0.39 is 21.1 Å². The number of H-pyrrole nitrogens is 1. The van der Waals surface area contributed by atoms with Crippen molar-refractivity contribution in [2.75, 3.05) is 0 Å². The lowest BCUT2D eigenvalue weighted by molar-refractivity contribution is 0.476. The van der Waals surface area contributed by atoms with Crippen molar-refractivity contribution in [3.05, 3.63) is 47.6 Å². The molecule has 0 saturated carbocycles. The first kappa shape index (κ1) is 13.9. The Bertz CT molecular complexity index is 869. The van der Waals surface area contributed by atoms with E-state index in [1.165, 1.54) is 35.6 Å². The lowest BCUT2D eigenvalue weighted by Crippen LogP contribution is -2.00. The van der Waals surface area contributed by atoms with Crippen LogP contribution in [0.4, 0.5) is 4.39 Å². The monoisotopic (exact) mass is 324 g/mol. The van der Waals surface area contributed by atoms with Gasteiger partial charge in [-0.2, -0.15) is 8.42 Å². The van der Waals surface area contributed by atoms with Crippen molar-refractivity contribution < 1.29 is 17.4 Å². The van der Waals surface area contributed by atoms with Crippen molar-refractivity contribution in [2.45, 2.75) is 5.16 Å². The van der Waals surface area contributed by atoms with E-state index in [4.69, 9.17) is 4.55 Å². The summed E-state index contributed by atoms with van der Waals surface area (Å²) in [4.78, 5) is 7.29. The fraction of sp³-hybridized carbons (Fsp3) is 0. The van der Waals surface area contributed by atoms with Gasteiger partial charge >= 0.3 is 10.1 Å². The zero-order valence-electron chi connectivity index (χ0n) is 10.4. The molecule has 2 heterocycles. The van der Waals surface area contributed by atoms with Crippen LogP contribution in [0.5, 0.6) is 0 Å². The van der Waals surface area contributed by atoms with E-state index in [1.54, 1.807) is 6.07 Å². The minimum atomic E-state index is -4.45. The Morgan fingerprint density at radius 2 is 1.90 bits per heavy atom. The second-order valence-corrected chi connectivity index (χ2v) is 6.51. The minimum absolute atomic E-state index is 0.338. The number of hydrogen-bond donors (Lipinski definition) is 2. The molecule has 108 valence electrons. The highest BCUT2D eigenvalue weighted by atomic mass is 32.2. The van der Waals surface area contributed by atoms with Gasteiger partial charge in [-0.05, 0) is 35.7 Å². The number of benzene rings is 1. The predicted molar refractivity (Wildman–Crippen MR) is 77.1 cm³/mol. The van der Waals surface area contributed by atoms with E-state index in [0.29, 0.717) is 17.0 Å². The maximum atomic E-state index is 13.0. The van der Waals surface area contributed by atoms with Crippen molar-refractivity contribution in [1.29, 1.82) is 0 Å². The highest BCUT2D eigenvalue weighted by molar-refractivity contribution is 7.85. The summed E-state index contributed by atoms with van der Waals surface area (Å²) >= 11 is 1.39. The summed E-state index contributed by atoms with van der Waals surface area (Å²) in [6, 6.07) is 9.11. The Kier molecular flexibility index (Phi) is 3.36. The Morgan fingerprint density at radius 1 is 1.19 bits per heavy atom. The molecule has 0 atom stereocenters. The smallest absolute Gasteiger partial charge is 0.326 e. The van der Waals surface area contributed by atoms with Gasteiger partial charge in [0.05, 0.1) is 16.3 Å². The first-order chi connectivity index (χ1) is 9.95. The van der Waals surface area contributed by atoms with Gasteiger partial charge in [0.15, 0.2) is 0 Å². The summed E-state index contributed by atoms with van der Waals surface area (Å²) in [5, 5.41) is 1.29. The highest BCUT2D eigenvalue weighted by Gasteiger charge is 2.21. The average Bonchev–Trinajstić information content (AvgIpc) is 3.07. The Balaban J connectivity index is 2.23. The summed E-state index contributed by atoms with van der Waals surface area (Å²) in [5.41, 5.74) is 1.35. The third-order valence-corrected chi connectivity index (χ3v) is 4.38. The number of nitrogens with zero attached hydrogens (tertiary/aromatic N) is 1. The second-order valence-electron chi connectivity index (χ2n) is 4.22. The van der Waals surface area contributed by atoms with E-state index in [2.05, 4.69) is 9.97 Å². The van der Waals surface area contributed by atoms with Crippen molar-refractivity contribution >= 4 is 21.5 Å². The summed E-state index contributed by atoms with van der Waals surface area (Å²) in [5.74, 6) is -0.401. The van der Waals surface area contributed by atoms with Crippen LogP contribution in [-0.4, -0.2) is 22.9 Å². The number of aromatic amines is 1. The van der Waals surface area contributed by atoms with Gasteiger partial charge < -0.3 is 4.98 Å². The average molecular weight is 324 g/mol. The zero-order valence-corrected chi connectivity index (χ0v) is 12.1. The molecule has 1 aromatic carbocycles. The molecule has 0 amide bonds. The molecule has 8 heteroatoms. The van der Waals surface area contributed by atoms with Crippen LogP contribution in [0.15, 0.2) is 46.9 Å². The Morgan fingerprint density at radius 3 is 2.48 bits per heavy atom. The van der Waals surface area contributed by atoms with E-state index >= 15 is 0 Å². The number of halogens is 1. The summed E-state index contributed by atoms with van der Waals surface area (Å²) < 4.78 is 44.7. The quantitative estimate of drug-likeness (QED) is 0.725. The minimum Gasteiger partial charge on any atom is -0.326 e. The molecule has 21 heavy (non-hydrogen) atoms. The normalized spacial score (nSPS) is 11.7. The van der Waals surface area contributed by atoms with Crippen molar-refractivity contribution in [1.82, 2.24) is 9.97 Å². The van der Waals surface area contributed by atoms with Gasteiger partial charge in [0, 0.05) is 5.56 Å². The van der Waals surface area contributed by atoms with Gasteiger partial charge in [0.2, 0.25) is 0 Å². The van der Waals surface area contributed by atoms with Gasteiger partial charge in [0.25, 0.3) is 5.16 Å². The predicted octanol–water partition coefficient (Wildman–Crippen LogP) is 3.19. The maximum absolute atomic E-state index is 13.0. The van der Waals surface area contributed by atoms with Gasteiger partial charge in [-0.3, -0.25) is 4.55 Å². The molecular formula is C13H9FN2O3S2. The summed E-state index contributed by atoms with van der Waals surface area (Å²) in [6.45, 7) is 0. The molecule has 0 unspecified atom stereocenters. The fourth-order valence-corrected chi connectivity index (χ4v) is 3.05. The van der Waals surface area contributed by atoms with Gasteiger partial charge in [-0.1, -0.05) is 6.07 Å². The van der Waals surface area contributed by atoms with Crippen LogP contribution in [0.1, 0.15) is 0 Å². The van der Waals surface area contributed by atoms with Gasteiger partial charge in [0.1, 0.15) is 5.82 Å². The maximum Gasteiger partial charge on any atom is 0.328 e. The molecule has 0 aliphatic rings. The van der Waals surface area contributed by atoms with Crippen LogP contribution in [0.3, 0.4) is 0 Å². The molecule has 3 rings (SSSR count). The first-order valence-corrected chi connectivity index (χ1v) is 8.14. The number of hydrogen-bond acceptors (Lipinski definition) is 4. The van der Waals surface area contributed by atoms with Crippen molar-refractivity contribution in [2.24, 2.45) is 0 Å². The van der Waals surface area contributed by atoms with Crippen LogP contribution in [0.25, 0.3) is 21.8 Å². The van der Waals surface area contributed by atoms with Crippen LogP contribution in [-0.2, 0) is 10.1 Å². The van der Waals surface area contributed by atoms with E-state index in [0.717, 1.165) is 4.88 Å². The number of rotatable bonds is 3. The lowest BCUT2D eigenvalue weighted by atomic mass is 10.1. The second kappa shape index (κ2) is 5.06. The molecule has 0 saturated heterocycles. The van der Waals surface area contributed by atoms with Crippen molar-refractivity contribution in [3.63, 3.8) is 0 Å². The van der Waals surface area contributed by atoms with Gasteiger partial charge in [-0.15, -0.1) is 11.3 Å².